The second-order valence-electron chi connectivity index (χ2n) is 4.94. The Balaban J connectivity index is 1.56. The first kappa shape index (κ1) is 14.4. The van der Waals surface area contributed by atoms with Crippen LogP contribution >= 0.6 is 15.9 Å². The standard InChI is InChI=1S/C12H15BrN4O4/c1-20-12-9(16-11(19)17-12)3-7(21-12)5-15-10(18)8-2-6(13)4-14-8/h2,4,7,9,14H,3,5H2,1H3,(H,15,18)(H2,16,17,19)/t7-,9-,12+/m1/s1. The van der Waals surface area contributed by atoms with E-state index in [-0.39, 0.29) is 24.1 Å². The van der Waals surface area contributed by atoms with Crippen LogP contribution in [0.1, 0.15) is 16.9 Å². The van der Waals surface area contributed by atoms with Crippen molar-refractivity contribution in [2.45, 2.75) is 24.5 Å². The Bertz CT molecular complexity index is 577. The van der Waals surface area contributed by atoms with Gasteiger partial charge in [-0.15, -0.1) is 0 Å². The van der Waals surface area contributed by atoms with Crippen molar-refractivity contribution in [2.75, 3.05) is 13.7 Å². The molecule has 2 aliphatic heterocycles. The number of urea groups is 1. The van der Waals surface area contributed by atoms with Crippen molar-refractivity contribution in [1.29, 1.82) is 0 Å². The number of fused-ring (bicyclic) bond motifs is 1. The molecule has 2 saturated heterocycles. The smallest absolute Gasteiger partial charge is 0.319 e. The number of hydrogen-bond acceptors (Lipinski definition) is 4. The van der Waals surface area contributed by atoms with Crippen molar-refractivity contribution in [2.24, 2.45) is 0 Å². The van der Waals surface area contributed by atoms with E-state index in [0.717, 1.165) is 4.47 Å². The zero-order valence-electron chi connectivity index (χ0n) is 11.2. The van der Waals surface area contributed by atoms with E-state index in [1.165, 1.54) is 7.11 Å². The molecular weight excluding hydrogens is 344 g/mol. The van der Waals surface area contributed by atoms with Crippen molar-refractivity contribution < 1.29 is 19.1 Å². The average molecular weight is 359 g/mol. The van der Waals surface area contributed by atoms with Crippen LogP contribution in [0.4, 0.5) is 4.79 Å². The lowest BCUT2D eigenvalue weighted by Crippen LogP contribution is -2.49. The number of carbonyl (C=O) groups excluding carboxylic acids is 2. The number of halogens is 1. The predicted octanol–water partition coefficient (Wildman–Crippen LogP) is 0.277. The van der Waals surface area contributed by atoms with Gasteiger partial charge in [-0.25, -0.2) is 4.79 Å². The number of hydrogen-bond donors (Lipinski definition) is 4. The van der Waals surface area contributed by atoms with Gasteiger partial charge in [0.15, 0.2) is 0 Å². The van der Waals surface area contributed by atoms with Gasteiger partial charge in [0, 0.05) is 30.7 Å². The first-order valence-electron chi connectivity index (χ1n) is 6.46. The molecule has 9 heteroatoms. The summed E-state index contributed by atoms with van der Waals surface area (Å²) in [6, 6.07) is 1.11. The summed E-state index contributed by atoms with van der Waals surface area (Å²) in [5.41, 5.74) is 0.466. The third-order valence-electron chi connectivity index (χ3n) is 3.58. The first-order chi connectivity index (χ1) is 10.0. The molecule has 3 amide bonds. The third kappa shape index (κ3) is 2.63. The highest BCUT2D eigenvalue weighted by Crippen LogP contribution is 2.32. The number of rotatable bonds is 4. The van der Waals surface area contributed by atoms with Gasteiger partial charge < -0.3 is 25.1 Å². The Labute approximate surface area is 129 Å². The van der Waals surface area contributed by atoms with Crippen molar-refractivity contribution >= 4 is 27.9 Å². The van der Waals surface area contributed by atoms with E-state index in [0.29, 0.717) is 18.7 Å². The molecule has 0 unspecified atom stereocenters. The largest absolute Gasteiger partial charge is 0.356 e. The molecule has 3 atom stereocenters. The molecule has 0 spiro atoms. The molecule has 0 saturated carbocycles. The number of carbonyl (C=O) groups is 2. The summed E-state index contributed by atoms with van der Waals surface area (Å²) < 4.78 is 11.8. The summed E-state index contributed by atoms with van der Waals surface area (Å²) in [6.45, 7) is 0.328. The Morgan fingerprint density at radius 2 is 2.48 bits per heavy atom. The van der Waals surface area contributed by atoms with Gasteiger partial charge >= 0.3 is 6.03 Å². The number of ether oxygens (including phenoxy) is 2. The van der Waals surface area contributed by atoms with Crippen molar-refractivity contribution in [3.63, 3.8) is 0 Å². The SMILES string of the molecule is CO[C@@]12NC(=O)N[C@@H]1C[C@H](CNC(=O)c1cc(Br)c[nH]1)O2. The van der Waals surface area contributed by atoms with E-state index in [2.05, 4.69) is 36.9 Å². The first-order valence-corrected chi connectivity index (χ1v) is 7.25. The number of amides is 3. The highest BCUT2D eigenvalue weighted by atomic mass is 79.9. The lowest BCUT2D eigenvalue weighted by atomic mass is 10.1. The van der Waals surface area contributed by atoms with Gasteiger partial charge in [0.2, 0.25) is 0 Å². The molecule has 1 aromatic rings. The summed E-state index contributed by atoms with van der Waals surface area (Å²) in [5.74, 6) is -1.35. The van der Waals surface area contributed by atoms with Crippen LogP contribution in [0.25, 0.3) is 0 Å². The maximum Gasteiger partial charge on any atom is 0.319 e. The number of H-pyrrole nitrogens is 1. The summed E-state index contributed by atoms with van der Waals surface area (Å²) in [4.78, 5) is 26.1. The number of methoxy groups -OCH3 is 1. The second kappa shape index (κ2) is 5.32. The molecule has 21 heavy (non-hydrogen) atoms. The Hall–Kier alpha value is -1.58. The molecule has 0 aromatic carbocycles. The van der Waals surface area contributed by atoms with Crippen LogP contribution in [0.15, 0.2) is 16.7 Å². The normalized spacial score (nSPS) is 30.7. The highest BCUT2D eigenvalue weighted by molar-refractivity contribution is 9.10. The summed E-state index contributed by atoms with van der Waals surface area (Å²) in [6.07, 6.45) is 2.00. The van der Waals surface area contributed by atoms with Crippen LogP contribution in [-0.4, -0.2) is 48.6 Å². The number of aromatic nitrogens is 1. The zero-order chi connectivity index (χ0) is 15.0. The molecular formula is C12H15BrN4O4. The lowest BCUT2D eigenvalue weighted by Gasteiger charge is -2.25. The average Bonchev–Trinajstić information content (AvgIpc) is 3.08. The quantitative estimate of drug-likeness (QED) is 0.620. The van der Waals surface area contributed by atoms with E-state index in [1.54, 1.807) is 12.3 Å². The molecule has 4 N–H and O–H groups in total. The molecule has 1 aromatic heterocycles. The molecule has 3 rings (SSSR count). The minimum Gasteiger partial charge on any atom is -0.356 e. The van der Waals surface area contributed by atoms with Gasteiger partial charge in [0.1, 0.15) is 11.7 Å². The fourth-order valence-corrected chi connectivity index (χ4v) is 2.93. The minimum absolute atomic E-state index is 0.218. The Kier molecular flexibility index (Phi) is 3.64. The van der Waals surface area contributed by atoms with Crippen molar-refractivity contribution in [3.05, 3.63) is 22.4 Å². The molecule has 8 nitrogen and oxygen atoms in total. The van der Waals surface area contributed by atoms with Crippen LogP contribution in [0.2, 0.25) is 0 Å². The molecule has 0 bridgehead atoms. The number of aromatic amines is 1. The van der Waals surface area contributed by atoms with Crippen LogP contribution in [0, 0.1) is 0 Å². The van der Waals surface area contributed by atoms with Gasteiger partial charge in [0.05, 0.1) is 6.10 Å². The highest BCUT2D eigenvalue weighted by Gasteiger charge is 2.55. The van der Waals surface area contributed by atoms with E-state index < -0.39 is 5.91 Å². The number of nitrogens with one attached hydrogen (secondary N) is 4. The van der Waals surface area contributed by atoms with Crippen molar-refractivity contribution in [3.8, 4) is 0 Å². The topological polar surface area (TPSA) is 104 Å². The van der Waals surface area contributed by atoms with Gasteiger partial charge in [0.25, 0.3) is 11.8 Å². The summed E-state index contributed by atoms with van der Waals surface area (Å²) >= 11 is 3.27. The Morgan fingerprint density at radius 3 is 3.10 bits per heavy atom. The van der Waals surface area contributed by atoms with Crippen LogP contribution < -0.4 is 16.0 Å². The Morgan fingerprint density at radius 1 is 1.67 bits per heavy atom. The molecule has 114 valence electrons. The molecule has 0 aliphatic carbocycles. The minimum atomic E-state index is -1.14. The van der Waals surface area contributed by atoms with E-state index in [9.17, 15) is 9.59 Å². The monoisotopic (exact) mass is 358 g/mol. The maximum atomic E-state index is 11.9. The molecule has 3 heterocycles. The van der Waals surface area contributed by atoms with E-state index in [4.69, 9.17) is 9.47 Å². The lowest BCUT2D eigenvalue weighted by molar-refractivity contribution is -0.221. The fraction of sp³-hybridized carbons (Fsp3) is 0.500. The van der Waals surface area contributed by atoms with Gasteiger partial charge in [-0.2, -0.15) is 0 Å². The summed E-state index contributed by atoms with van der Waals surface area (Å²) in [7, 11) is 1.47. The third-order valence-corrected chi connectivity index (χ3v) is 4.04. The molecule has 0 radical (unpaired) electrons. The van der Waals surface area contributed by atoms with Gasteiger partial charge in [-0.3, -0.25) is 10.1 Å². The summed E-state index contributed by atoms with van der Waals surface area (Å²) in [5, 5.41) is 8.13. The molecule has 2 fully saturated rings. The van der Waals surface area contributed by atoms with E-state index in [1.807, 2.05) is 0 Å². The van der Waals surface area contributed by atoms with Gasteiger partial charge in [-0.1, -0.05) is 0 Å². The van der Waals surface area contributed by atoms with Crippen LogP contribution in [-0.2, 0) is 9.47 Å². The second-order valence-corrected chi connectivity index (χ2v) is 5.86. The zero-order valence-corrected chi connectivity index (χ0v) is 12.8. The molecule has 2 aliphatic rings. The predicted molar refractivity (Wildman–Crippen MR) is 75.5 cm³/mol. The van der Waals surface area contributed by atoms with Crippen molar-refractivity contribution in [1.82, 2.24) is 20.9 Å². The van der Waals surface area contributed by atoms with E-state index >= 15 is 0 Å². The van der Waals surface area contributed by atoms with Crippen LogP contribution in [0.3, 0.4) is 0 Å². The fourth-order valence-electron chi connectivity index (χ4n) is 2.59. The maximum absolute atomic E-state index is 11.9. The van der Waals surface area contributed by atoms with Gasteiger partial charge in [-0.05, 0) is 22.0 Å². The van der Waals surface area contributed by atoms with Crippen LogP contribution in [0.5, 0.6) is 0 Å².